The number of carboxylic acid groups (broad SMARTS) is 1. The Morgan fingerprint density at radius 1 is 1.03 bits per heavy atom. The fraction of sp³-hybridized carbons (Fsp3) is 0.300. The predicted molar refractivity (Wildman–Crippen MR) is 111 cm³/mol. The average Bonchev–Trinajstić information content (AvgIpc) is 2.62. The molecule has 0 spiro atoms. The van der Waals surface area contributed by atoms with Gasteiger partial charge in [-0.3, -0.25) is 9.59 Å². The van der Waals surface area contributed by atoms with Crippen LogP contribution in [0, 0.1) is 5.92 Å². The van der Waals surface area contributed by atoms with E-state index in [0.29, 0.717) is 22.7 Å². The molecule has 0 saturated carbocycles. The minimum absolute atomic E-state index is 0.0153. The molecule has 0 aliphatic rings. The van der Waals surface area contributed by atoms with Crippen molar-refractivity contribution in [1.29, 1.82) is 0 Å². The maximum atomic E-state index is 12.7. The van der Waals surface area contributed by atoms with Gasteiger partial charge >= 0.3 is 5.97 Å². The molecule has 7 nitrogen and oxygen atoms in total. The Morgan fingerprint density at radius 2 is 1.62 bits per heavy atom. The molecule has 1 atom stereocenters. The van der Waals surface area contributed by atoms with Gasteiger partial charge in [0.25, 0.3) is 0 Å². The predicted octanol–water partition coefficient (Wildman–Crippen LogP) is 3.30. The van der Waals surface area contributed by atoms with Gasteiger partial charge in [0.2, 0.25) is 15.9 Å². The molecule has 1 amide bonds. The first-order chi connectivity index (χ1) is 13.6. The number of aliphatic carboxylic acids is 1. The molecule has 156 valence electrons. The fourth-order valence-corrected chi connectivity index (χ4v) is 3.99. The Balaban J connectivity index is 2.15. The Bertz CT molecular complexity index is 957. The molecule has 0 heterocycles. The molecule has 2 aromatic rings. The van der Waals surface area contributed by atoms with Crippen molar-refractivity contribution in [1.82, 2.24) is 4.72 Å². The van der Waals surface area contributed by atoms with E-state index >= 15 is 0 Å². The first-order valence-electron chi connectivity index (χ1n) is 8.96. The number of hydrogen-bond acceptors (Lipinski definition) is 4. The van der Waals surface area contributed by atoms with E-state index in [9.17, 15) is 18.0 Å². The number of hydrogen-bond donors (Lipinski definition) is 3. The minimum Gasteiger partial charge on any atom is -0.481 e. The van der Waals surface area contributed by atoms with Crippen molar-refractivity contribution in [3.05, 3.63) is 59.1 Å². The number of amides is 1. The van der Waals surface area contributed by atoms with E-state index in [2.05, 4.69) is 10.0 Å². The van der Waals surface area contributed by atoms with Crippen molar-refractivity contribution >= 4 is 39.2 Å². The lowest BCUT2D eigenvalue weighted by Crippen LogP contribution is -2.44. The summed E-state index contributed by atoms with van der Waals surface area (Å²) in [6.45, 7) is 3.77. The third-order valence-electron chi connectivity index (χ3n) is 4.02. The smallest absolute Gasteiger partial charge is 0.307 e. The summed E-state index contributed by atoms with van der Waals surface area (Å²) >= 11 is 5.80. The lowest BCUT2D eigenvalue weighted by atomic mass is 10.0. The topological polar surface area (TPSA) is 113 Å². The molecule has 0 unspecified atom stereocenters. The summed E-state index contributed by atoms with van der Waals surface area (Å²) in [6.07, 6.45) is 0.181. The van der Waals surface area contributed by atoms with Gasteiger partial charge in [-0.1, -0.05) is 37.6 Å². The zero-order valence-corrected chi connectivity index (χ0v) is 17.6. The number of benzene rings is 2. The molecule has 0 fully saturated rings. The maximum Gasteiger partial charge on any atom is 0.307 e. The highest BCUT2D eigenvalue weighted by Gasteiger charge is 2.26. The van der Waals surface area contributed by atoms with Crippen LogP contribution < -0.4 is 10.0 Å². The summed E-state index contributed by atoms with van der Waals surface area (Å²) in [5, 5.41) is 11.9. The van der Waals surface area contributed by atoms with E-state index in [0.717, 1.165) is 0 Å². The number of carboxylic acids is 1. The van der Waals surface area contributed by atoms with Crippen LogP contribution >= 0.6 is 11.6 Å². The number of carbonyl (C=O) groups is 2. The van der Waals surface area contributed by atoms with E-state index < -0.39 is 27.9 Å². The first kappa shape index (κ1) is 22.9. The highest BCUT2D eigenvalue weighted by Crippen LogP contribution is 2.17. The quantitative estimate of drug-likeness (QED) is 0.556. The van der Waals surface area contributed by atoms with Crippen LogP contribution in [0.3, 0.4) is 0 Å². The number of anilines is 1. The first-order valence-corrected chi connectivity index (χ1v) is 10.8. The number of halogens is 1. The molecular weight excluding hydrogens is 416 g/mol. The Morgan fingerprint density at radius 3 is 2.14 bits per heavy atom. The molecular formula is C20H23ClN2O5S. The van der Waals surface area contributed by atoms with Crippen molar-refractivity contribution in [3.63, 3.8) is 0 Å². The van der Waals surface area contributed by atoms with Crippen molar-refractivity contribution in [3.8, 4) is 0 Å². The van der Waals surface area contributed by atoms with Gasteiger partial charge in [-0.2, -0.15) is 4.72 Å². The molecule has 0 bridgehead atoms. The van der Waals surface area contributed by atoms with Crippen LogP contribution in [-0.2, 0) is 26.0 Å². The average molecular weight is 439 g/mol. The van der Waals surface area contributed by atoms with E-state index in [1.165, 1.54) is 24.3 Å². The van der Waals surface area contributed by atoms with E-state index in [1.807, 2.05) is 13.8 Å². The van der Waals surface area contributed by atoms with Gasteiger partial charge in [0, 0.05) is 10.7 Å². The van der Waals surface area contributed by atoms with Crippen LogP contribution in [0.15, 0.2) is 53.4 Å². The molecule has 0 radical (unpaired) electrons. The van der Waals surface area contributed by atoms with Crippen molar-refractivity contribution in [2.24, 2.45) is 5.92 Å². The normalized spacial score (nSPS) is 12.6. The summed E-state index contributed by atoms with van der Waals surface area (Å²) in [5.74, 6) is -1.38. The number of sulfonamides is 1. The number of carbonyl (C=O) groups excluding carboxylic acids is 1. The van der Waals surface area contributed by atoms with Crippen LogP contribution in [0.25, 0.3) is 0 Å². The monoisotopic (exact) mass is 438 g/mol. The molecule has 29 heavy (non-hydrogen) atoms. The fourth-order valence-electron chi connectivity index (χ4n) is 2.66. The van der Waals surface area contributed by atoms with E-state index in [4.69, 9.17) is 16.7 Å². The zero-order valence-electron chi connectivity index (χ0n) is 16.1. The van der Waals surface area contributed by atoms with Gasteiger partial charge in [-0.15, -0.1) is 0 Å². The minimum atomic E-state index is -3.91. The number of nitrogens with one attached hydrogen (secondary N) is 2. The summed E-state index contributed by atoms with van der Waals surface area (Å²) in [5.41, 5.74) is 1.04. The van der Waals surface area contributed by atoms with E-state index in [1.54, 1.807) is 24.3 Å². The molecule has 3 N–H and O–H groups in total. The van der Waals surface area contributed by atoms with Crippen LogP contribution in [0.2, 0.25) is 5.02 Å². The summed E-state index contributed by atoms with van der Waals surface area (Å²) in [7, 11) is -3.91. The zero-order chi connectivity index (χ0) is 21.6. The summed E-state index contributed by atoms with van der Waals surface area (Å²) < 4.78 is 27.8. The highest BCUT2D eigenvalue weighted by molar-refractivity contribution is 7.89. The molecule has 0 aliphatic heterocycles. The Hall–Kier alpha value is -2.42. The van der Waals surface area contributed by atoms with E-state index in [-0.39, 0.29) is 17.2 Å². The molecule has 2 rings (SSSR count). The lowest BCUT2D eigenvalue weighted by molar-refractivity contribution is -0.136. The molecule has 0 saturated heterocycles. The lowest BCUT2D eigenvalue weighted by Gasteiger charge is -2.20. The second kappa shape index (κ2) is 9.87. The SMILES string of the molecule is CC(C)C[C@H](NS(=O)(=O)c1ccc(Cl)cc1)C(=O)Nc1ccc(CC(=O)O)cc1. The number of rotatable bonds is 9. The van der Waals surface area contributed by atoms with Gasteiger partial charge in [-0.25, -0.2) is 8.42 Å². The Labute approximate surface area is 175 Å². The highest BCUT2D eigenvalue weighted by atomic mass is 35.5. The van der Waals surface area contributed by atoms with Gasteiger partial charge in [0.15, 0.2) is 0 Å². The van der Waals surface area contributed by atoms with Gasteiger partial charge in [0.05, 0.1) is 11.3 Å². The van der Waals surface area contributed by atoms with Gasteiger partial charge < -0.3 is 10.4 Å². The third kappa shape index (κ3) is 7.16. The second-order valence-corrected chi connectivity index (χ2v) is 9.16. The van der Waals surface area contributed by atoms with Gasteiger partial charge in [-0.05, 0) is 54.3 Å². The van der Waals surface area contributed by atoms with Crippen molar-refractivity contribution in [2.45, 2.75) is 37.6 Å². The van der Waals surface area contributed by atoms with Crippen LogP contribution in [0.5, 0.6) is 0 Å². The van der Waals surface area contributed by atoms with Gasteiger partial charge in [0.1, 0.15) is 6.04 Å². The van der Waals surface area contributed by atoms with Crippen LogP contribution in [0.4, 0.5) is 5.69 Å². The standard InChI is InChI=1S/C20H23ClN2O5S/c1-13(2)11-18(23-29(27,28)17-9-5-15(21)6-10-17)20(26)22-16-7-3-14(4-8-16)12-19(24)25/h3-10,13,18,23H,11-12H2,1-2H3,(H,22,26)(H,24,25)/t18-/m0/s1. The summed E-state index contributed by atoms with van der Waals surface area (Å²) in [4.78, 5) is 23.5. The van der Waals surface area contributed by atoms with Crippen LogP contribution in [0.1, 0.15) is 25.8 Å². The molecule has 0 aromatic heterocycles. The molecule has 9 heteroatoms. The molecule has 2 aromatic carbocycles. The third-order valence-corrected chi connectivity index (χ3v) is 5.76. The van der Waals surface area contributed by atoms with Crippen LogP contribution in [-0.4, -0.2) is 31.4 Å². The Kier molecular flexibility index (Phi) is 7.78. The maximum absolute atomic E-state index is 12.7. The summed E-state index contributed by atoms with van der Waals surface area (Å²) in [6, 6.07) is 11.0. The van der Waals surface area contributed by atoms with Crippen molar-refractivity contribution < 1.29 is 23.1 Å². The molecule has 0 aliphatic carbocycles. The van der Waals surface area contributed by atoms with Crippen molar-refractivity contribution in [2.75, 3.05) is 5.32 Å². The second-order valence-electron chi connectivity index (χ2n) is 7.01. The largest absolute Gasteiger partial charge is 0.481 e.